The Labute approximate surface area is 181 Å². The largest absolute Gasteiger partial charge is 0.370 e. The Morgan fingerprint density at radius 2 is 1.90 bits per heavy atom. The minimum Gasteiger partial charge on any atom is -0.370 e. The smallest absolute Gasteiger partial charge is 0.223 e. The Balaban J connectivity index is 1.68. The number of guanidine groups is 1. The van der Waals surface area contributed by atoms with Gasteiger partial charge < -0.3 is 16.8 Å². The molecule has 1 aromatic carbocycles. The maximum atomic E-state index is 11.4. The van der Waals surface area contributed by atoms with E-state index in [-0.39, 0.29) is 11.9 Å². The molecule has 0 unspecified atom stereocenters. The predicted octanol–water partition coefficient (Wildman–Crippen LogP) is 2.36. The molecular weight excluding hydrogens is 424 g/mol. The number of aryl methyl sites for hydroxylation is 2. The molecule has 1 aliphatic heterocycles. The van der Waals surface area contributed by atoms with Gasteiger partial charge in [-0.05, 0) is 30.5 Å². The third-order valence-corrected chi connectivity index (χ3v) is 7.41. The van der Waals surface area contributed by atoms with Crippen LogP contribution in [0, 0.1) is 0 Å². The van der Waals surface area contributed by atoms with Gasteiger partial charge in [-0.15, -0.1) is 11.3 Å². The zero-order valence-electron chi connectivity index (χ0n) is 16.9. The molecule has 9 nitrogen and oxygen atoms in total. The van der Waals surface area contributed by atoms with E-state index in [1.54, 1.807) is 0 Å². The second-order valence-corrected chi connectivity index (χ2v) is 10.8. The minimum absolute atomic E-state index is 0.0271. The lowest BCUT2D eigenvalue weighted by Crippen LogP contribution is -2.37. The van der Waals surface area contributed by atoms with Crippen LogP contribution in [0.2, 0.25) is 0 Å². The third kappa shape index (κ3) is 6.67. The van der Waals surface area contributed by atoms with Crippen LogP contribution in [0.3, 0.4) is 0 Å². The summed E-state index contributed by atoms with van der Waals surface area (Å²) in [5, 5.41) is 3.37. The second-order valence-electron chi connectivity index (χ2n) is 7.26. The Kier molecular flexibility index (Phi) is 7.32. The van der Waals surface area contributed by atoms with Crippen molar-refractivity contribution in [1.82, 2.24) is 9.88 Å². The number of hydrogen-bond acceptors (Lipinski definition) is 7. The van der Waals surface area contributed by atoms with Crippen molar-refractivity contribution in [3.63, 3.8) is 0 Å². The summed E-state index contributed by atoms with van der Waals surface area (Å²) >= 11 is 1.48. The molecule has 0 bridgehead atoms. The van der Waals surface area contributed by atoms with Gasteiger partial charge in [0.2, 0.25) is 5.91 Å². The van der Waals surface area contributed by atoms with E-state index in [1.807, 2.05) is 24.3 Å². The molecule has 0 saturated carbocycles. The molecule has 0 atom stereocenters. The molecule has 11 heteroatoms. The number of carbonyl (C=O) groups is 1. The molecule has 7 N–H and O–H groups in total. The molecule has 1 aliphatic rings. The van der Waals surface area contributed by atoms with E-state index in [0.717, 1.165) is 29.0 Å². The Hall–Kier alpha value is -2.18. The molecule has 164 valence electrons. The van der Waals surface area contributed by atoms with E-state index < -0.39 is 10.6 Å². The van der Waals surface area contributed by atoms with Crippen molar-refractivity contribution < 1.29 is 13.9 Å². The number of carbonyl (C=O) groups excluding carboxylic acids is 1. The van der Waals surface area contributed by atoms with Crippen molar-refractivity contribution in [2.45, 2.75) is 26.3 Å². The number of aromatic nitrogens is 1. The highest BCUT2D eigenvalue weighted by Gasteiger charge is 2.24. The summed E-state index contributed by atoms with van der Waals surface area (Å²) in [4.78, 5) is 23.4. The fourth-order valence-corrected chi connectivity index (χ4v) is 5.58. The first-order chi connectivity index (χ1) is 14.2. The van der Waals surface area contributed by atoms with E-state index in [2.05, 4.69) is 20.2 Å². The summed E-state index contributed by atoms with van der Waals surface area (Å²) in [6, 6.07) is 7.70. The van der Waals surface area contributed by atoms with Crippen molar-refractivity contribution in [2.75, 3.05) is 29.9 Å². The molecule has 0 radical (unpaired) electrons. The maximum absolute atomic E-state index is 11.4. The summed E-state index contributed by atoms with van der Waals surface area (Å²) in [6.45, 7) is 3.43. The SMILES string of the molecule is CC(=O)Nc1nc(CCc2ccc(N=C(N)N)cc2)c(CN2CCS(O)(O)CC2)s1. The number of anilines is 1. The van der Waals surface area contributed by atoms with Crippen LogP contribution in [0.25, 0.3) is 0 Å². The zero-order chi connectivity index (χ0) is 21.7. The highest BCUT2D eigenvalue weighted by molar-refractivity contribution is 8.24. The standard InChI is InChI=1S/C19H28N6O3S2/c1-13(26)22-19-24-16(7-4-14-2-5-15(6-3-14)23-18(20)21)17(29-19)12-25-8-10-30(27,28)11-9-25/h2-3,5-6,27-28H,4,7-12H2,1H3,(H4,20,21,23)(H,22,24,26). The van der Waals surface area contributed by atoms with E-state index in [9.17, 15) is 13.9 Å². The second kappa shape index (κ2) is 9.75. The van der Waals surface area contributed by atoms with Gasteiger partial charge in [-0.25, -0.2) is 9.98 Å². The van der Waals surface area contributed by atoms with Gasteiger partial charge in [-0.2, -0.15) is 10.6 Å². The van der Waals surface area contributed by atoms with Gasteiger partial charge in [0.15, 0.2) is 11.1 Å². The fraction of sp³-hybridized carbons (Fsp3) is 0.421. The van der Waals surface area contributed by atoms with Gasteiger partial charge in [0.05, 0.1) is 22.9 Å². The van der Waals surface area contributed by atoms with Crippen molar-refractivity contribution in [1.29, 1.82) is 0 Å². The average Bonchev–Trinajstić information content (AvgIpc) is 3.03. The number of rotatable bonds is 7. The number of amides is 1. The Bertz CT molecular complexity index is 899. The van der Waals surface area contributed by atoms with Crippen LogP contribution in [0.15, 0.2) is 29.3 Å². The van der Waals surface area contributed by atoms with Crippen molar-refractivity contribution in [2.24, 2.45) is 16.5 Å². The summed E-state index contributed by atoms with van der Waals surface area (Å²) in [5.74, 6) is 0.687. The Morgan fingerprint density at radius 3 is 2.50 bits per heavy atom. The van der Waals surface area contributed by atoms with Gasteiger partial charge in [-0.3, -0.25) is 18.8 Å². The lowest BCUT2D eigenvalue weighted by molar-refractivity contribution is -0.114. The highest BCUT2D eigenvalue weighted by atomic mass is 32.3. The monoisotopic (exact) mass is 452 g/mol. The first-order valence-electron chi connectivity index (χ1n) is 9.61. The summed E-state index contributed by atoms with van der Waals surface area (Å²) in [5.41, 5.74) is 13.6. The number of hydrogen-bond donors (Lipinski definition) is 5. The number of nitrogens with two attached hydrogens (primary N) is 2. The normalized spacial score (nSPS) is 17.3. The molecule has 0 aliphatic carbocycles. The van der Waals surface area contributed by atoms with Crippen LogP contribution in [0.1, 0.15) is 23.1 Å². The topological polar surface area (TPSA) is 150 Å². The van der Waals surface area contributed by atoms with Gasteiger partial charge in [-0.1, -0.05) is 12.1 Å². The number of thiazole rings is 1. The van der Waals surface area contributed by atoms with E-state index in [0.29, 0.717) is 42.0 Å². The minimum atomic E-state index is -2.42. The van der Waals surface area contributed by atoms with Gasteiger partial charge in [0.1, 0.15) is 0 Å². The Morgan fingerprint density at radius 1 is 1.23 bits per heavy atom. The molecule has 3 rings (SSSR count). The molecule has 0 spiro atoms. The quantitative estimate of drug-likeness (QED) is 0.320. The lowest BCUT2D eigenvalue weighted by atomic mass is 10.1. The number of benzene rings is 1. The van der Waals surface area contributed by atoms with Crippen molar-refractivity contribution in [3.8, 4) is 0 Å². The van der Waals surface area contributed by atoms with Crippen LogP contribution in [-0.2, 0) is 24.2 Å². The van der Waals surface area contributed by atoms with Crippen LogP contribution in [0.4, 0.5) is 10.8 Å². The highest BCUT2D eigenvalue weighted by Crippen LogP contribution is 2.40. The van der Waals surface area contributed by atoms with Crippen LogP contribution in [0.5, 0.6) is 0 Å². The fourth-order valence-electron chi connectivity index (χ4n) is 3.18. The molecule has 1 aromatic heterocycles. The molecule has 1 fully saturated rings. The van der Waals surface area contributed by atoms with Crippen LogP contribution < -0.4 is 16.8 Å². The summed E-state index contributed by atoms with van der Waals surface area (Å²) < 4.78 is 19.7. The molecular formula is C19H28N6O3S2. The number of nitrogens with zero attached hydrogens (tertiary/aromatic N) is 3. The lowest BCUT2D eigenvalue weighted by Gasteiger charge is -2.40. The molecule has 1 amide bonds. The van der Waals surface area contributed by atoms with Gasteiger partial charge >= 0.3 is 0 Å². The average molecular weight is 453 g/mol. The van der Waals surface area contributed by atoms with E-state index in [1.165, 1.54) is 18.3 Å². The van der Waals surface area contributed by atoms with Gasteiger partial charge in [0, 0.05) is 31.4 Å². The zero-order valence-corrected chi connectivity index (χ0v) is 18.5. The molecule has 30 heavy (non-hydrogen) atoms. The number of aliphatic imine (C=N–C) groups is 1. The first kappa shape index (κ1) is 22.5. The number of nitrogens with one attached hydrogen (secondary N) is 1. The van der Waals surface area contributed by atoms with Crippen molar-refractivity contribution >= 4 is 44.6 Å². The predicted molar refractivity (Wildman–Crippen MR) is 124 cm³/mol. The maximum Gasteiger partial charge on any atom is 0.223 e. The van der Waals surface area contributed by atoms with Crippen LogP contribution >= 0.6 is 21.9 Å². The summed E-state index contributed by atoms with van der Waals surface area (Å²) in [7, 11) is -2.42. The van der Waals surface area contributed by atoms with E-state index in [4.69, 9.17) is 11.5 Å². The molecule has 1 saturated heterocycles. The third-order valence-electron chi connectivity index (χ3n) is 4.74. The molecule has 2 aromatic rings. The van der Waals surface area contributed by atoms with Crippen LogP contribution in [-0.4, -0.2) is 55.5 Å². The first-order valence-corrected chi connectivity index (χ1v) is 12.3. The summed E-state index contributed by atoms with van der Waals surface area (Å²) in [6.07, 6.45) is 1.52. The van der Waals surface area contributed by atoms with E-state index >= 15 is 0 Å². The molecule has 2 heterocycles. The van der Waals surface area contributed by atoms with Crippen molar-refractivity contribution in [3.05, 3.63) is 40.4 Å². The van der Waals surface area contributed by atoms with Gasteiger partial charge in [0.25, 0.3) is 0 Å².